The molecule has 0 saturated heterocycles. The van der Waals surface area contributed by atoms with Crippen molar-refractivity contribution in [3.63, 3.8) is 0 Å². The second kappa shape index (κ2) is 6.36. The second-order valence-corrected chi connectivity index (χ2v) is 5.39. The van der Waals surface area contributed by atoms with E-state index in [1.165, 1.54) is 6.07 Å². The Morgan fingerprint density at radius 3 is 2.32 bits per heavy atom. The van der Waals surface area contributed by atoms with E-state index in [9.17, 15) is 10.1 Å². The Bertz CT molecular complexity index is 438. The summed E-state index contributed by atoms with van der Waals surface area (Å²) in [6, 6.07) is 2.97. The third-order valence-corrected chi connectivity index (χ3v) is 3.33. The molecule has 6 nitrogen and oxygen atoms in total. The van der Waals surface area contributed by atoms with Crippen LogP contribution < -0.4 is 11.1 Å². The molecule has 0 fully saturated rings. The number of hydrogen-bond donors (Lipinski definition) is 2. The molecule has 0 aromatic carbocycles. The Hall–Kier alpha value is -1.85. The maximum atomic E-state index is 10.6. The van der Waals surface area contributed by atoms with Gasteiger partial charge in [0.1, 0.15) is 5.82 Å². The number of pyridine rings is 1. The van der Waals surface area contributed by atoms with E-state index in [0.29, 0.717) is 23.6 Å². The number of nitrogens with two attached hydrogens (primary N) is 1. The summed E-state index contributed by atoms with van der Waals surface area (Å²) in [5.41, 5.74) is 5.40. The molecule has 19 heavy (non-hydrogen) atoms. The molecular weight excluding hydrogens is 244 g/mol. The summed E-state index contributed by atoms with van der Waals surface area (Å²) in [6.07, 6.45) is 0. The number of rotatable bonds is 6. The van der Waals surface area contributed by atoms with Crippen molar-refractivity contribution in [2.24, 2.45) is 17.8 Å². The quantitative estimate of drug-likeness (QED) is 0.610. The van der Waals surface area contributed by atoms with E-state index >= 15 is 0 Å². The topological polar surface area (TPSA) is 94.1 Å². The standard InChI is InChI=1S/C13H22N4O2/c1-8(2)10(9(3)4)7-15-12-6-5-11(17(18)19)13(14)16-12/h5-6,8-10H,7H2,1-4H3,(H3,14,15,16). The van der Waals surface area contributed by atoms with Crippen molar-refractivity contribution in [1.82, 2.24) is 4.98 Å². The molecule has 0 aliphatic heterocycles. The molecule has 0 amide bonds. The Morgan fingerprint density at radius 2 is 1.89 bits per heavy atom. The SMILES string of the molecule is CC(C)C(CNc1ccc([N+](=O)[O-])c(N)n1)C(C)C. The minimum absolute atomic E-state index is 0.0550. The fraction of sp³-hybridized carbons (Fsp3) is 0.615. The fourth-order valence-electron chi connectivity index (χ4n) is 2.18. The molecule has 1 aromatic rings. The van der Waals surface area contributed by atoms with Gasteiger partial charge in [0.25, 0.3) is 0 Å². The second-order valence-electron chi connectivity index (χ2n) is 5.39. The van der Waals surface area contributed by atoms with Gasteiger partial charge in [0.15, 0.2) is 0 Å². The van der Waals surface area contributed by atoms with Crippen LogP contribution in [0.25, 0.3) is 0 Å². The Balaban J connectivity index is 2.73. The predicted molar refractivity (Wildman–Crippen MR) is 77.0 cm³/mol. The van der Waals surface area contributed by atoms with E-state index in [2.05, 4.69) is 38.0 Å². The molecule has 6 heteroatoms. The smallest absolute Gasteiger partial charge is 0.311 e. The summed E-state index contributed by atoms with van der Waals surface area (Å²) in [6.45, 7) is 9.52. The molecule has 1 heterocycles. The lowest BCUT2D eigenvalue weighted by molar-refractivity contribution is -0.384. The number of nitro groups is 1. The molecule has 0 atom stereocenters. The van der Waals surface area contributed by atoms with Crippen LogP contribution in [0.2, 0.25) is 0 Å². The molecular formula is C13H22N4O2. The maximum Gasteiger partial charge on any atom is 0.311 e. The number of nitrogens with zero attached hydrogens (tertiary/aromatic N) is 2. The van der Waals surface area contributed by atoms with Gasteiger partial charge in [-0.2, -0.15) is 0 Å². The first-order chi connectivity index (χ1) is 8.82. The van der Waals surface area contributed by atoms with Crippen LogP contribution in [0.3, 0.4) is 0 Å². The average molecular weight is 266 g/mol. The molecule has 0 bridgehead atoms. The van der Waals surface area contributed by atoms with Crippen molar-refractivity contribution < 1.29 is 4.92 Å². The summed E-state index contributed by atoms with van der Waals surface area (Å²) in [7, 11) is 0. The summed E-state index contributed by atoms with van der Waals surface area (Å²) in [5.74, 6) is 2.15. The van der Waals surface area contributed by atoms with E-state index in [4.69, 9.17) is 5.73 Å². The lowest BCUT2D eigenvalue weighted by atomic mass is 9.85. The van der Waals surface area contributed by atoms with E-state index in [1.54, 1.807) is 6.07 Å². The zero-order chi connectivity index (χ0) is 14.6. The maximum absolute atomic E-state index is 10.6. The highest BCUT2D eigenvalue weighted by atomic mass is 16.6. The van der Waals surface area contributed by atoms with Crippen LogP contribution >= 0.6 is 0 Å². The van der Waals surface area contributed by atoms with Crippen molar-refractivity contribution in [1.29, 1.82) is 0 Å². The van der Waals surface area contributed by atoms with Crippen LogP contribution in [0, 0.1) is 27.9 Å². The van der Waals surface area contributed by atoms with Crippen molar-refractivity contribution >= 4 is 17.3 Å². The van der Waals surface area contributed by atoms with Gasteiger partial charge in [-0.3, -0.25) is 10.1 Å². The summed E-state index contributed by atoms with van der Waals surface area (Å²) in [4.78, 5) is 14.1. The minimum atomic E-state index is -0.531. The largest absolute Gasteiger partial charge is 0.378 e. The molecule has 0 saturated carbocycles. The molecule has 0 unspecified atom stereocenters. The van der Waals surface area contributed by atoms with E-state index in [-0.39, 0.29) is 11.5 Å². The van der Waals surface area contributed by atoms with Crippen molar-refractivity contribution in [3.05, 3.63) is 22.2 Å². The Labute approximate surface area is 113 Å². The van der Waals surface area contributed by atoms with Crippen molar-refractivity contribution in [2.45, 2.75) is 27.7 Å². The average Bonchev–Trinajstić information content (AvgIpc) is 2.27. The van der Waals surface area contributed by atoms with Crippen molar-refractivity contribution in [2.75, 3.05) is 17.6 Å². The zero-order valence-corrected chi connectivity index (χ0v) is 11.9. The highest BCUT2D eigenvalue weighted by Crippen LogP contribution is 2.23. The molecule has 0 radical (unpaired) electrons. The van der Waals surface area contributed by atoms with E-state index in [1.807, 2.05) is 0 Å². The third-order valence-electron chi connectivity index (χ3n) is 3.33. The Kier molecular flexibility index (Phi) is 5.09. The molecule has 0 aliphatic rings. The lowest BCUT2D eigenvalue weighted by Crippen LogP contribution is -2.24. The third kappa shape index (κ3) is 4.08. The predicted octanol–water partition coefficient (Wildman–Crippen LogP) is 2.91. The van der Waals surface area contributed by atoms with E-state index in [0.717, 1.165) is 6.54 Å². The van der Waals surface area contributed by atoms with Gasteiger partial charge in [0.2, 0.25) is 5.82 Å². The van der Waals surface area contributed by atoms with Crippen LogP contribution in [0.1, 0.15) is 27.7 Å². The lowest BCUT2D eigenvalue weighted by Gasteiger charge is -2.25. The van der Waals surface area contributed by atoms with Gasteiger partial charge in [-0.15, -0.1) is 0 Å². The molecule has 3 N–H and O–H groups in total. The van der Waals surface area contributed by atoms with Crippen LogP contribution in [-0.2, 0) is 0 Å². The van der Waals surface area contributed by atoms with Gasteiger partial charge in [-0.1, -0.05) is 27.7 Å². The summed E-state index contributed by atoms with van der Waals surface area (Å²) >= 11 is 0. The van der Waals surface area contributed by atoms with Gasteiger partial charge in [-0.25, -0.2) is 4.98 Å². The normalized spacial score (nSPS) is 11.3. The number of nitrogens with one attached hydrogen (secondary N) is 1. The van der Waals surface area contributed by atoms with Gasteiger partial charge in [0, 0.05) is 12.6 Å². The summed E-state index contributed by atoms with van der Waals surface area (Å²) < 4.78 is 0. The first kappa shape index (κ1) is 15.2. The van der Waals surface area contributed by atoms with Crippen LogP contribution in [0.15, 0.2) is 12.1 Å². The Morgan fingerprint density at radius 1 is 1.32 bits per heavy atom. The molecule has 1 rings (SSSR count). The van der Waals surface area contributed by atoms with Gasteiger partial charge in [0.05, 0.1) is 4.92 Å². The summed E-state index contributed by atoms with van der Waals surface area (Å²) in [5, 5.41) is 13.8. The number of aromatic nitrogens is 1. The first-order valence-corrected chi connectivity index (χ1v) is 6.47. The van der Waals surface area contributed by atoms with Crippen LogP contribution in [0.5, 0.6) is 0 Å². The van der Waals surface area contributed by atoms with Crippen LogP contribution in [-0.4, -0.2) is 16.5 Å². The molecule has 1 aromatic heterocycles. The van der Waals surface area contributed by atoms with Gasteiger partial charge < -0.3 is 11.1 Å². The first-order valence-electron chi connectivity index (χ1n) is 6.47. The minimum Gasteiger partial charge on any atom is -0.378 e. The fourth-order valence-corrected chi connectivity index (χ4v) is 2.18. The number of anilines is 2. The van der Waals surface area contributed by atoms with Crippen LogP contribution in [0.4, 0.5) is 17.3 Å². The van der Waals surface area contributed by atoms with Gasteiger partial charge in [-0.05, 0) is 23.8 Å². The van der Waals surface area contributed by atoms with Gasteiger partial charge >= 0.3 is 5.69 Å². The zero-order valence-electron chi connectivity index (χ0n) is 11.9. The highest BCUT2D eigenvalue weighted by molar-refractivity contribution is 5.57. The molecule has 106 valence electrons. The number of nitrogen functional groups attached to an aromatic ring is 1. The molecule has 0 aliphatic carbocycles. The monoisotopic (exact) mass is 266 g/mol. The van der Waals surface area contributed by atoms with Crippen molar-refractivity contribution in [3.8, 4) is 0 Å². The van der Waals surface area contributed by atoms with E-state index < -0.39 is 4.92 Å². The molecule has 0 spiro atoms. The number of hydrogen-bond acceptors (Lipinski definition) is 5. The highest BCUT2D eigenvalue weighted by Gasteiger charge is 2.18.